The van der Waals surface area contributed by atoms with E-state index in [1.165, 1.54) is 6.20 Å². The van der Waals surface area contributed by atoms with Gasteiger partial charge in [-0.05, 0) is 32.3 Å². The first kappa shape index (κ1) is 13.9. The van der Waals surface area contributed by atoms with Crippen LogP contribution in [0.25, 0.3) is 10.9 Å². The lowest BCUT2D eigenvalue weighted by Crippen LogP contribution is -2.35. The van der Waals surface area contributed by atoms with Crippen LogP contribution >= 0.6 is 0 Å². The maximum atomic E-state index is 11.7. The number of aromatic carboxylic acids is 1. The molecule has 2 aromatic rings. The number of benzene rings is 1. The van der Waals surface area contributed by atoms with Gasteiger partial charge in [0.15, 0.2) is 0 Å². The minimum absolute atomic E-state index is 0.306. The molecule has 0 radical (unpaired) electrons. The molecule has 1 aliphatic rings. The van der Waals surface area contributed by atoms with Crippen molar-refractivity contribution < 1.29 is 9.90 Å². The standard InChI is InChI=1S/C17H20N2O2/c1-3-12-9-8-11(2)19(12)16-13-6-4-5-7-15(13)18-10-14(16)17(20)21/h4-7,10-12H,3,8-9H2,1-2H3,(H,20,21). The molecule has 2 heterocycles. The number of hydrogen-bond acceptors (Lipinski definition) is 3. The number of hydrogen-bond donors (Lipinski definition) is 1. The predicted octanol–water partition coefficient (Wildman–Crippen LogP) is 3.70. The van der Waals surface area contributed by atoms with E-state index in [-0.39, 0.29) is 0 Å². The van der Waals surface area contributed by atoms with E-state index in [1.54, 1.807) is 0 Å². The molecular formula is C17H20N2O2. The van der Waals surface area contributed by atoms with E-state index < -0.39 is 5.97 Å². The molecule has 0 spiro atoms. The topological polar surface area (TPSA) is 53.4 Å². The Morgan fingerprint density at radius 3 is 2.86 bits per heavy atom. The van der Waals surface area contributed by atoms with Crippen molar-refractivity contribution in [2.75, 3.05) is 4.90 Å². The van der Waals surface area contributed by atoms with Crippen molar-refractivity contribution in [1.82, 2.24) is 4.98 Å². The van der Waals surface area contributed by atoms with Gasteiger partial charge >= 0.3 is 5.97 Å². The Hall–Kier alpha value is -2.10. The van der Waals surface area contributed by atoms with Gasteiger partial charge in [-0.2, -0.15) is 0 Å². The quantitative estimate of drug-likeness (QED) is 0.933. The highest BCUT2D eigenvalue weighted by Gasteiger charge is 2.33. The Kier molecular flexibility index (Phi) is 3.53. The average molecular weight is 284 g/mol. The third-order valence-corrected chi connectivity index (χ3v) is 4.49. The van der Waals surface area contributed by atoms with E-state index in [1.807, 2.05) is 24.3 Å². The minimum Gasteiger partial charge on any atom is -0.478 e. The third kappa shape index (κ3) is 2.24. The number of carboxylic acid groups (broad SMARTS) is 1. The highest BCUT2D eigenvalue weighted by Crippen LogP contribution is 2.38. The van der Waals surface area contributed by atoms with Gasteiger partial charge in [-0.3, -0.25) is 4.98 Å². The number of pyridine rings is 1. The van der Waals surface area contributed by atoms with Crippen molar-refractivity contribution in [2.24, 2.45) is 0 Å². The smallest absolute Gasteiger partial charge is 0.339 e. The summed E-state index contributed by atoms with van der Waals surface area (Å²) in [4.78, 5) is 18.3. The number of anilines is 1. The Balaban J connectivity index is 2.27. The van der Waals surface area contributed by atoms with Crippen LogP contribution in [0.4, 0.5) is 5.69 Å². The van der Waals surface area contributed by atoms with Crippen LogP contribution in [0.3, 0.4) is 0 Å². The van der Waals surface area contributed by atoms with E-state index in [9.17, 15) is 9.90 Å². The number of fused-ring (bicyclic) bond motifs is 1. The molecule has 3 rings (SSSR count). The highest BCUT2D eigenvalue weighted by molar-refractivity contribution is 6.04. The summed E-state index contributed by atoms with van der Waals surface area (Å²) in [6.45, 7) is 4.34. The number of para-hydroxylation sites is 1. The molecule has 0 bridgehead atoms. The molecule has 1 aliphatic heterocycles. The lowest BCUT2D eigenvalue weighted by Gasteiger charge is -2.32. The van der Waals surface area contributed by atoms with Gasteiger partial charge in [0.2, 0.25) is 0 Å². The lowest BCUT2D eigenvalue weighted by atomic mass is 10.1. The predicted molar refractivity (Wildman–Crippen MR) is 84.0 cm³/mol. The molecule has 21 heavy (non-hydrogen) atoms. The van der Waals surface area contributed by atoms with Crippen LogP contribution in [0, 0.1) is 0 Å². The van der Waals surface area contributed by atoms with Gasteiger partial charge in [-0.15, -0.1) is 0 Å². The van der Waals surface area contributed by atoms with Gasteiger partial charge < -0.3 is 10.0 Å². The first-order valence-electron chi connectivity index (χ1n) is 7.52. The molecule has 1 aromatic carbocycles. The number of rotatable bonds is 3. The van der Waals surface area contributed by atoms with Crippen LogP contribution in [0.15, 0.2) is 30.5 Å². The molecule has 4 nitrogen and oxygen atoms in total. The molecule has 1 aromatic heterocycles. The molecule has 110 valence electrons. The summed E-state index contributed by atoms with van der Waals surface area (Å²) in [5, 5.41) is 10.5. The molecule has 0 aliphatic carbocycles. The van der Waals surface area contributed by atoms with Crippen molar-refractivity contribution in [3.63, 3.8) is 0 Å². The Morgan fingerprint density at radius 2 is 2.14 bits per heavy atom. The number of aromatic nitrogens is 1. The van der Waals surface area contributed by atoms with E-state index in [4.69, 9.17) is 0 Å². The third-order valence-electron chi connectivity index (χ3n) is 4.49. The molecule has 2 atom stereocenters. The second kappa shape index (κ2) is 5.35. The number of carbonyl (C=O) groups is 1. The summed E-state index contributed by atoms with van der Waals surface area (Å²) >= 11 is 0. The van der Waals surface area contributed by atoms with Crippen LogP contribution in [-0.2, 0) is 0 Å². The fourth-order valence-electron chi connectivity index (χ4n) is 3.44. The van der Waals surface area contributed by atoms with Crippen molar-refractivity contribution in [3.05, 3.63) is 36.0 Å². The van der Waals surface area contributed by atoms with Gasteiger partial charge in [0.05, 0.1) is 11.2 Å². The maximum Gasteiger partial charge on any atom is 0.339 e. The molecule has 4 heteroatoms. The zero-order chi connectivity index (χ0) is 15.0. The van der Waals surface area contributed by atoms with E-state index in [2.05, 4.69) is 23.7 Å². The van der Waals surface area contributed by atoms with E-state index >= 15 is 0 Å². The summed E-state index contributed by atoms with van der Waals surface area (Å²) < 4.78 is 0. The van der Waals surface area contributed by atoms with Crippen LogP contribution in [0.2, 0.25) is 0 Å². The average Bonchev–Trinajstić information content (AvgIpc) is 2.86. The fourth-order valence-corrected chi connectivity index (χ4v) is 3.44. The lowest BCUT2D eigenvalue weighted by molar-refractivity contribution is 0.0697. The summed E-state index contributed by atoms with van der Waals surface area (Å²) in [6.07, 6.45) is 4.75. The van der Waals surface area contributed by atoms with Gasteiger partial charge in [0.25, 0.3) is 0 Å². The Bertz CT molecular complexity index is 684. The second-order valence-corrected chi connectivity index (χ2v) is 5.74. The molecule has 1 N–H and O–H groups in total. The number of carboxylic acids is 1. The van der Waals surface area contributed by atoms with Gasteiger partial charge in [0.1, 0.15) is 5.56 Å². The van der Waals surface area contributed by atoms with Crippen LogP contribution < -0.4 is 4.90 Å². The van der Waals surface area contributed by atoms with Gasteiger partial charge in [0, 0.05) is 23.7 Å². The summed E-state index contributed by atoms with van der Waals surface area (Å²) in [5.41, 5.74) is 2.00. The van der Waals surface area contributed by atoms with Crippen molar-refractivity contribution in [1.29, 1.82) is 0 Å². The monoisotopic (exact) mass is 284 g/mol. The zero-order valence-electron chi connectivity index (χ0n) is 12.4. The second-order valence-electron chi connectivity index (χ2n) is 5.74. The summed E-state index contributed by atoms with van der Waals surface area (Å²) in [5.74, 6) is -0.905. The molecule has 0 amide bonds. The Morgan fingerprint density at radius 1 is 1.38 bits per heavy atom. The minimum atomic E-state index is -0.905. The van der Waals surface area contributed by atoms with Crippen LogP contribution in [0.5, 0.6) is 0 Å². The van der Waals surface area contributed by atoms with Crippen molar-refractivity contribution >= 4 is 22.6 Å². The first-order valence-corrected chi connectivity index (χ1v) is 7.52. The highest BCUT2D eigenvalue weighted by atomic mass is 16.4. The van der Waals surface area contributed by atoms with Gasteiger partial charge in [-0.1, -0.05) is 25.1 Å². The normalized spacial score (nSPS) is 21.9. The van der Waals surface area contributed by atoms with Crippen LogP contribution in [0.1, 0.15) is 43.5 Å². The van der Waals surface area contributed by atoms with Crippen molar-refractivity contribution in [2.45, 2.75) is 45.2 Å². The van der Waals surface area contributed by atoms with Crippen LogP contribution in [-0.4, -0.2) is 28.1 Å². The van der Waals surface area contributed by atoms with E-state index in [0.29, 0.717) is 17.6 Å². The summed E-state index contributed by atoms with van der Waals surface area (Å²) in [7, 11) is 0. The Labute approximate surface area is 124 Å². The number of nitrogens with zero attached hydrogens (tertiary/aromatic N) is 2. The largest absolute Gasteiger partial charge is 0.478 e. The zero-order valence-corrected chi connectivity index (χ0v) is 12.4. The maximum absolute atomic E-state index is 11.7. The SMILES string of the molecule is CCC1CCC(C)N1c1c(C(=O)O)cnc2ccccc12. The molecule has 0 saturated carbocycles. The molecule has 1 saturated heterocycles. The van der Waals surface area contributed by atoms with Crippen molar-refractivity contribution in [3.8, 4) is 0 Å². The fraction of sp³-hybridized carbons (Fsp3) is 0.412. The first-order chi connectivity index (χ1) is 10.1. The summed E-state index contributed by atoms with van der Waals surface area (Å²) in [6, 6.07) is 8.56. The van der Waals surface area contributed by atoms with Gasteiger partial charge in [-0.25, -0.2) is 4.79 Å². The molecular weight excluding hydrogens is 264 g/mol. The molecule has 2 unspecified atom stereocenters. The van der Waals surface area contributed by atoms with E-state index in [0.717, 1.165) is 35.9 Å². The molecule has 1 fully saturated rings.